The normalized spacial score (nSPS) is 9.41. The van der Waals surface area contributed by atoms with Gasteiger partial charge in [0.2, 0.25) is 0 Å². The zero-order valence-electron chi connectivity index (χ0n) is 9.94. The van der Waals surface area contributed by atoms with Gasteiger partial charge in [0.05, 0.1) is 0 Å². The van der Waals surface area contributed by atoms with Crippen LogP contribution in [-0.4, -0.2) is 46.3 Å². The summed E-state index contributed by atoms with van der Waals surface area (Å²) in [6, 6.07) is 0. The van der Waals surface area contributed by atoms with E-state index >= 15 is 0 Å². The molecule has 17 heavy (non-hydrogen) atoms. The van der Waals surface area contributed by atoms with E-state index in [0.717, 1.165) is 8.87 Å². The summed E-state index contributed by atoms with van der Waals surface area (Å²) in [7, 11) is 0. The topological polar surface area (TPSA) is 52.6 Å². The molecule has 4 nitrogen and oxygen atoms in total. The average Bonchev–Trinajstić information content (AvgIpc) is 2.33. The summed E-state index contributed by atoms with van der Waals surface area (Å²) in [5, 5.41) is 0. The molecule has 0 heterocycles. The zero-order chi connectivity index (χ0) is 12.9. The molecule has 0 aliphatic heterocycles. The first-order chi connectivity index (χ1) is 8.20. The molecule has 0 fully saturated rings. The molecule has 0 rings (SSSR count). The Balaban J connectivity index is 3.33. The second-order valence-corrected chi connectivity index (χ2v) is 7.47. The van der Waals surface area contributed by atoms with Crippen molar-refractivity contribution < 1.29 is 19.1 Å². The molecule has 5 heteroatoms. The number of carbonyl (C=O) groups excluding carboxylic acids is 2. The van der Waals surface area contributed by atoms with Crippen LogP contribution in [0.4, 0.5) is 0 Å². The molecular weight excluding hydrogens is 327 g/mol. The van der Waals surface area contributed by atoms with E-state index in [-0.39, 0.29) is 25.2 Å². The van der Waals surface area contributed by atoms with Crippen molar-refractivity contribution in [1.82, 2.24) is 0 Å². The van der Waals surface area contributed by atoms with E-state index in [1.54, 1.807) is 12.2 Å². The average molecular weight is 345 g/mol. The van der Waals surface area contributed by atoms with Gasteiger partial charge in [-0.25, -0.2) is 0 Å². The van der Waals surface area contributed by atoms with Crippen LogP contribution in [0.25, 0.3) is 0 Å². The minimum absolute atomic E-state index is 0.181. The van der Waals surface area contributed by atoms with Gasteiger partial charge in [-0.1, -0.05) is 0 Å². The van der Waals surface area contributed by atoms with Gasteiger partial charge in [0, 0.05) is 0 Å². The second kappa shape index (κ2) is 11.7. The van der Waals surface area contributed by atoms with E-state index < -0.39 is 21.1 Å². The zero-order valence-corrected chi connectivity index (χ0v) is 12.8. The predicted molar refractivity (Wildman–Crippen MR) is 66.9 cm³/mol. The minimum atomic E-state index is -0.640. The summed E-state index contributed by atoms with van der Waals surface area (Å²) in [4.78, 5) is 22.2. The fourth-order valence-electron chi connectivity index (χ4n) is 0.954. The van der Waals surface area contributed by atoms with E-state index in [1.165, 1.54) is 0 Å². The molecule has 0 bridgehead atoms. The van der Waals surface area contributed by atoms with Crippen molar-refractivity contribution in [3.63, 3.8) is 0 Å². The van der Waals surface area contributed by atoms with Gasteiger partial charge in [-0.15, -0.1) is 0 Å². The third kappa shape index (κ3) is 11.5. The van der Waals surface area contributed by atoms with Gasteiger partial charge in [0.25, 0.3) is 0 Å². The van der Waals surface area contributed by atoms with Crippen LogP contribution in [-0.2, 0) is 19.1 Å². The summed E-state index contributed by atoms with van der Waals surface area (Å²) < 4.78 is 11.5. The number of carbonyl (C=O) groups is 2. The molecule has 0 aromatic carbocycles. The van der Waals surface area contributed by atoms with Crippen molar-refractivity contribution in [3.8, 4) is 0 Å². The van der Waals surface area contributed by atoms with Crippen molar-refractivity contribution in [2.24, 2.45) is 0 Å². The van der Waals surface area contributed by atoms with Crippen LogP contribution in [0.2, 0.25) is 8.87 Å². The number of hydrogen-bond donors (Lipinski definition) is 0. The van der Waals surface area contributed by atoms with Gasteiger partial charge in [-0.05, 0) is 0 Å². The Bertz CT molecular complexity index is 237. The number of esters is 2. The van der Waals surface area contributed by atoms with E-state index in [1.807, 2.05) is 0 Å². The molecule has 0 aromatic rings. The van der Waals surface area contributed by atoms with Gasteiger partial charge in [-0.3, -0.25) is 0 Å². The van der Waals surface area contributed by atoms with Crippen molar-refractivity contribution in [2.75, 3.05) is 13.2 Å². The fraction of sp³-hybridized carbons (Fsp3) is 0.500. The molecular formula is C12H18O4Sn. The van der Waals surface area contributed by atoms with E-state index in [9.17, 15) is 9.59 Å². The maximum absolute atomic E-state index is 11.1. The molecule has 0 aliphatic carbocycles. The first-order valence-electron chi connectivity index (χ1n) is 5.44. The first kappa shape index (κ1) is 16.2. The van der Waals surface area contributed by atoms with Crippen LogP contribution in [0.5, 0.6) is 0 Å². The van der Waals surface area contributed by atoms with Crippen molar-refractivity contribution in [1.29, 1.82) is 0 Å². The summed E-state index contributed by atoms with van der Waals surface area (Å²) in [5.41, 5.74) is 0. The molecule has 0 saturated carbocycles. The van der Waals surface area contributed by atoms with Crippen LogP contribution in [0.1, 0.15) is 12.8 Å². The molecule has 94 valence electrons. The fourth-order valence-corrected chi connectivity index (χ4v) is 3.84. The Morgan fingerprint density at radius 1 is 0.941 bits per heavy atom. The molecule has 0 aromatic heterocycles. The first-order valence-corrected chi connectivity index (χ1v) is 9.48. The van der Waals surface area contributed by atoms with Crippen LogP contribution in [0, 0.1) is 0 Å². The van der Waals surface area contributed by atoms with Gasteiger partial charge < -0.3 is 0 Å². The van der Waals surface area contributed by atoms with Crippen LogP contribution < -0.4 is 0 Å². The molecule has 0 aliphatic rings. The third-order valence-electron chi connectivity index (χ3n) is 1.74. The van der Waals surface area contributed by atoms with Gasteiger partial charge in [0.1, 0.15) is 0 Å². The second-order valence-electron chi connectivity index (χ2n) is 3.19. The van der Waals surface area contributed by atoms with Gasteiger partial charge in [-0.2, -0.15) is 0 Å². The Kier molecular flexibility index (Phi) is 11.2. The molecule has 0 amide bonds. The number of ether oxygens (including phenoxy) is 2. The quantitative estimate of drug-likeness (QED) is 0.262. The SMILES string of the molecule is C=CCOC(=O)C[CH2][Sn][CH2]CC(=O)OCC=C. The van der Waals surface area contributed by atoms with E-state index in [0.29, 0.717) is 12.8 Å². The van der Waals surface area contributed by atoms with Crippen molar-refractivity contribution in [2.45, 2.75) is 21.7 Å². The molecule has 0 N–H and O–H groups in total. The Labute approximate surface area is 112 Å². The summed E-state index contributed by atoms with van der Waals surface area (Å²) in [6.07, 6.45) is 4.02. The summed E-state index contributed by atoms with van der Waals surface area (Å²) in [5.74, 6) is -0.361. The van der Waals surface area contributed by atoms with E-state index in [4.69, 9.17) is 9.47 Å². The Hall–Kier alpha value is -0.781. The van der Waals surface area contributed by atoms with Crippen molar-refractivity contribution in [3.05, 3.63) is 25.3 Å². The standard InChI is InChI=1S/2C6H9O2.Sn/c2*1-3-5-8-6(7)4-2;/h2*3H,1-2,4-5H2;. The third-order valence-corrected chi connectivity index (χ3v) is 5.18. The molecule has 0 unspecified atom stereocenters. The number of rotatable bonds is 10. The van der Waals surface area contributed by atoms with E-state index in [2.05, 4.69) is 13.2 Å². The Morgan fingerprint density at radius 2 is 1.35 bits per heavy atom. The summed E-state index contributed by atoms with van der Waals surface area (Å²) in [6.45, 7) is 7.47. The summed E-state index contributed by atoms with van der Waals surface area (Å²) >= 11 is -0.640. The van der Waals surface area contributed by atoms with Crippen LogP contribution in [0.3, 0.4) is 0 Å². The molecule has 0 saturated heterocycles. The predicted octanol–water partition coefficient (Wildman–Crippen LogP) is 1.77. The van der Waals surface area contributed by atoms with Crippen LogP contribution >= 0.6 is 0 Å². The van der Waals surface area contributed by atoms with Crippen LogP contribution in [0.15, 0.2) is 25.3 Å². The molecule has 0 atom stereocenters. The molecule has 2 radical (unpaired) electrons. The maximum atomic E-state index is 11.1. The molecule has 0 spiro atoms. The van der Waals surface area contributed by atoms with Gasteiger partial charge >= 0.3 is 112 Å². The van der Waals surface area contributed by atoms with Crippen molar-refractivity contribution >= 4 is 33.1 Å². The Morgan fingerprint density at radius 3 is 1.71 bits per heavy atom. The number of hydrogen-bond acceptors (Lipinski definition) is 4. The monoisotopic (exact) mass is 346 g/mol. The van der Waals surface area contributed by atoms with Gasteiger partial charge in [0.15, 0.2) is 0 Å².